The lowest BCUT2D eigenvalue weighted by Crippen LogP contribution is -2.50. The van der Waals surface area contributed by atoms with Gasteiger partial charge in [-0.25, -0.2) is 9.59 Å². The molecule has 47 heavy (non-hydrogen) atoms. The van der Waals surface area contributed by atoms with E-state index in [0.29, 0.717) is 36.7 Å². The summed E-state index contributed by atoms with van der Waals surface area (Å²) in [5.41, 5.74) is 0.831. The Hall–Kier alpha value is -3.05. The van der Waals surface area contributed by atoms with Gasteiger partial charge in [0.05, 0.1) is 30.4 Å². The third kappa shape index (κ3) is 11.3. The van der Waals surface area contributed by atoms with E-state index in [4.69, 9.17) is 9.47 Å². The number of rotatable bonds is 7. The van der Waals surface area contributed by atoms with E-state index in [1.165, 1.54) is 12.8 Å². The molecule has 4 atom stereocenters. The van der Waals surface area contributed by atoms with Gasteiger partial charge in [-0.2, -0.15) is 0 Å². The number of hydrogen-bond donors (Lipinski definition) is 4. The Kier molecular flexibility index (Phi) is 14.5. The largest absolute Gasteiger partial charge is 0.490 e. The van der Waals surface area contributed by atoms with Crippen LogP contribution in [0.1, 0.15) is 115 Å². The minimum absolute atomic E-state index is 0.101. The average Bonchev–Trinajstić information content (AvgIpc) is 3.06. The highest BCUT2D eigenvalue weighted by atomic mass is 16.5. The van der Waals surface area contributed by atoms with E-state index in [-0.39, 0.29) is 54.8 Å². The molecule has 1 aliphatic heterocycles. The molecule has 0 spiro atoms. The molecule has 2 fully saturated rings. The zero-order chi connectivity index (χ0) is 33.8. The Balaban J connectivity index is 1.54. The molecule has 11 heteroatoms. The minimum atomic E-state index is -0.484. The van der Waals surface area contributed by atoms with Gasteiger partial charge in [-0.1, -0.05) is 45.4 Å². The maximum Gasteiger partial charge on any atom is 0.319 e. The first-order valence-corrected chi connectivity index (χ1v) is 18.1. The van der Waals surface area contributed by atoms with Crippen LogP contribution in [0.4, 0.5) is 15.3 Å². The summed E-state index contributed by atoms with van der Waals surface area (Å²) in [6.45, 7) is 6.84. The molecule has 0 aromatic heterocycles. The molecule has 1 aromatic carbocycles. The van der Waals surface area contributed by atoms with Crippen molar-refractivity contribution in [2.24, 2.45) is 5.92 Å². The summed E-state index contributed by atoms with van der Waals surface area (Å²) in [6, 6.07) is 4.69. The zero-order valence-corrected chi connectivity index (χ0v) is 29.1. The average molecular weight is 658 g/mol. The van der Waals surface area contributed by atoms with Gasteiger partial charge in [0.1, 0.15) is 5.75 Å². The molecule has 5 amide bonds. The number of benzene rings is 1. The maximum absolute atomic E-state index is 14.4. The monoisotopic (exact) mass is 657 g/mol. The van der Waals surface area contributed by atoms with E-state index < -0.39 is 6.04 Å². The molecule has 0 unspecified atom stereocenters. The van der Waals surface area contributed by atoms with Crippen LogP contribution < -0.4 is 20.7 Å². The molecular formula is C36H59N5O6. The predicted molar refractivity (Wildman–Crippen MR) is 184 cm³/mol. The molecule has 4 rings (SSSR count). The standard InChI is InChI=1S/C36H59N5O6/c1-25-22-41(26(2)24-42)34(43)31-21-30(38-35(44)37-28-14-7-5-8-15-28)18-19-32(31)47-27(3)13-11-12-20-46-33(25)23-40(4)36(45)39-29-16-9-6-10-17-29/h18-19,21,25-29,33,42H,5-17,20,22-24H2,1-4H3,(H,39,45)(H2,37,38,44)/t25-,26+,27-,33+/m0/s1. The molecular weight excluding hydrogens is 598 g/mol. The van der Waals surface area contributed by atoms with Crippen LogP contribution in [0, 0.1) is 5.92 Å². The fourth-order valence-electron chi connectivity index (χ4n) is 6.95. The van der Waals surface area contributed by atoms with Crippen molar-refractivity contribution in [3.63, 3.8) is 0 Å². The Morgan fingerprint density at radius 1 is 0.957 bits per heavy atom. The molecule has 3 aliphatic rings. The Labute approximate surface area is 281 Å². The number of aliphatic hydroxyl groups excluding tert-OH is 1. The first kappa shape index (κ1) is 36.8. The summed E-state index contributed by atoms with van der Waals surface area (Å²) < 4.78 is 12.7. The Morgan fingerprint density at radius 3 is 2.26 bits per heavy atom. The van der Waals surface area contributed by atoms with Crippen LogP contribution in [-0.4, -0.2) is 96.6 Å². The third-order valence-corrected chi connectivity index (χ3v) is 9.98. The number of likely N-dealkylation sites (N-methyl/N-ethyl adjacent to an activating group) is 1. The molecule has 0 bridgehead atoms. The van der Waals surface area contributed by atoms with Crippen molar-refractivity contribution in [1.29, 1.82) is 0 Å². The highest BCUT2D eigenvalue weighted by Gasteiger charge is 2.31. The van der Waals surface area contributed by atoms with Crippen molar-refractivity contribution in [2.45, 2.75) is 135 Å². The Morgan fingerprint density at radius 2 is 1.60 bits per heavy atom. The molecule has 4 N–H and O–H groups in total. The van der Waals surface area contributed by atoms with Crippen molar-refractivity contribution >= 4 is 23.7 Å². The van der Waals surface area contributed by atoms with Gasteiger partial charge in [-0.15, -0.1) is 0 Å². The highest BCUT2D eigenvalue weighted by molar-refractivity contribution is 5.99. The molecule has 2 saturated carbocycles. The van der Waals surface area contributed by atoms with E-state index in [9.17, 15) is 19.5 Å². The van der Waals surface area contributed by atoms with Crippen LogP contribution in [0.5, 0.6) is 5.75 Å². The van der Waals surface area contributed by atoms with Crippen LogP contribution in [0.2, 0.25) is 0 Å². The van der Waals surface area contributed by atoms with E-state index in [0.717, 1.165) is 70.6 Å². The van der Waals surface area contributed by atoms with Gasteiger partial charge < -0.3 is 40.3 Å². The summed E-state index contributed by atoms with van der Waals surface area (Å²) in [5, 5.41) is 19.4. The van der Waals surface area contributed by atoms with Crippen molar-refractivity contribution in [3.8, 4) is 5.75 Å². The number of nitrogens with zero attached hydrogens (tertiary/aromatic N) is 2. The molecule has 11 nitrogen and oxygen atoms in total. The molecule has 1 aromatic rings. The van der Waals surface area contributed by atoms with Crippen LogP contribution in [0.15, 0.2) is 18.2 Å². The zero-order valence-electron chi connectivity index (χ0n) is 29.1. The summed E-state index contributed by atoms with van der Waals surface area (Å²) in [4.78, 5) is 43.7. The number of anilines is 1. The lowest BCUT2D eigenvalue weighted by Gasteiger charge is -2.36. The summed E-state index contributed by atoms with van der Waals surface area (Å²) in [7, 11) is 1.80. The normalized spacial score (nSPS) is 24.7. The number of carbonyl (C=O) groups excluding carboxylic acids is 3. The van der Waals surface area contributed by atoms with Crippen molar-refractivity contribution in [1.82, 2.24) is 20.4 Å². The third-order valence-electron chi connectivity index (χ3n) is 9.98. The quantitative estimate of drug-likeness (QED) is 0.288. The molecule has 264 valence electrons. The highest BCUT2D eigenvalue weighted by Crippen LogP contribution is 2.29. The lowest BCUT2D eigenvalue weighted by atomic mass is 9.96. The van der Waals surface area contributed by atoms with Crippen molar-refractivity contribution in [3.05, 3.63) is 23.8 Å². The number of nitrogens with one attached hydrogen (secondary N) is 3. The fraction of sp³-hybridized carbons (Fsp3) is 0.750. The SMILES string of the molecule is C[C@H](CO)N1C[C@H](C)[C@@H](CN(C)C(=O)NC2CCCCC2)OCCCC[C@H](C)Oc2ccc(NC(=O)NC3CCCCC3)cc2C1=O. The minimum Gasteiger partial charge on any atom is -0.490 e. The number of amides is 5. The van der Waals surface area contributed by atoms with E-state index in [1.54, 1.807) is 35.0 Å². The smallest absolute Gasteiger partial charge is 0.319 e. The number of urea groups is 2. The van der Waals surface area contributed by atoms with Crippen molar-refractivity contribution in [2.75, 3.05) is 38.7 Å². The van der Waals surface area contributed by atoms with Gasteiger partial charge >= 0.3 is 12.1 Å². The predicted octanol–water partition coefficient (Wildman–Crippen LogP) is 5.91. The second-order valence-electron chi connectivity index (χ2n) is 14.1. The second kappa shape index (κ2) is 18.5. The summed E-state index contributed by atoms with van der Waals surface area (Å²) in [6.07, 6.45) is 12.9. The first-order valence-electron chi connectivity index (χ1n) is 18.1. The van der Waals surface area contributed by atoms with Gasteiger partial charge in [0.2, 0.25) is 0 Å². The van der Waals surface area contributed by atoms with E-state index >= 15 is 0 Å². The molecule has 0 saturated heterocycles. The maximum atomic E-state index is 14.4. The van der Waals surface area contributed by atoms with E-state index in [2.05, 4.69) is 16.0 Å². The Bertz CT molecular complexity index is 1150. The van der Waals surface area contributed by atoms with Gasteiger partial charge in [-0.05, 0) is 77.0 Å². The number of hydrogen-bond acceptors (Lipinski definition) is 6. The van der Waals surface area contributed by atoms with Gasteiger partial charge in [0.15, 0.2) is 0 Å². The number of aliphatic hydroxyl groups is 1. The number of ether oxygens (including phenoxy) is 2. The molecule has 1 heterocycles. The van der Waals surface area contributed by atoms with Crippen molar-refractivity contribution < 1.29 is 29.0 Å². The van der Waals surface area contributed by atoms with Gasteiger partial charge in [0.25, 0.3) is 5.91 Å². The van der Waals surface area contributed by atoms with E-state index in [1.807, 2.05) is 20.8 Å². The van der Waals surface area contributed by atoms with Crippen LogP contribution >= 0.6 is 0 Å². The second-order valence-corrected chi connectivity index (χ2v) is 14.1. The summed E-state index contributed by atoms with van der Waals surface area (Å²) in [5.74, 6) is 0.00958. The van der Waals surface area contributed by atoms with Gasteiger partial charge in [-0.3, -0.25) is 4.79 Å². The molecule has 2 aliphatic carbocycles. The topological polar surface area (TPSA) is 132 Å². The summed E-state index contributed by atoms with van der Waals surface area (Å²) >= 11 is 0. The number of carbonyl (C=O) groups is 3. The van der Waals surface area contributed by atoms with Gasteiger partial charge in [0, 0.05) is 50.4 Å². The first-order chi connectivity index (χ1) is 22.6. The molecule has 0 radical (unpaired) electrons. The fourth-order valence-corrected chi connectivity index (χ4v) is 6.95. The van der Waals surface area contributed by atoms with Crippen LogP contribution in [0.25, 0.3) is 0 Å². The number of fused-ring (bicyclic) bond motifs is 1. The van der Waals surface area contributed by atoms with Crippen LogP contribution in [-0.2, 0) is 4.74 Å². The lowest BCUT2D eigenvalue weighted by molar-refractivity contribution is -0.0123. The van der Waals surface area contributed by atoms with Crippen LogP contribution in [0.3, 0.4) is 0 Å².